The predicted octanol–water partition coefficient (Wildman–Crippen LogP) is 4.05. The summed E-state index contributed by atoms with van der Waals surface area (Å²) in [6.45, 7) is 13.1. The molecule has 7 heteroatoms. The summed E-state index contributed by atoms with van der Waals surface area (Å²) in [5, 5.41) is 32.5. The molecule has 7 nitrogen and oxygen atoms in total. The van der Waals surface area contributed by atoms with E-state index in [-0.39, 0.29) is 42.0 Å². The second-order valence-electron chi connectivity index (χ2n) is 13.4. The Labute approximate surface area is 219 Å². The van der Waals surface area contributed by atoms with Crippen LogP contribution >= 0.6 is 0 Å². The number of aliphatic carboxylic acids is 1. The molecule has 0 aromatic heterocycles. The van der Waals surface area contributed by atoms with Gasteiger partial charge in [-0.25, -0.2) is 0 Å². The van der Waals surface area contributed by atoms with Gasteiger partial charge in [0, 0.05) is 41.1 Å². The Morgan fingerprint density at radius 1 is 1.05 bits per heavy atom. The summed E-state index contributed by atoms with van der Waals surface area (Å²) in [5.74, 6) is -2.54. The van der Waals surface area contributed by atoms with Gasteiger partial charge in [-0.15, -0.1) is 0 Å². The Morgan fingerprint density at radius 2 is 1.68 bits per heavy atom. The van der Waals surface area contributed by atoms with Gasteiger partial charge < -0.3 is 15.3 Å². The number of aliphatic hydroxyl groups excluding tert-OH is 2. The summed E-state index contributed by atoms with van der Waals surface area (Å²) in [5.41, 5.74) is -0.772. The van der Waals surface area contributed by atoms with E-state index >= 15 is 0 Å². The van der Waals surface area contributed by atoms with E-state index in [1.54, 1.807) is 6.92 Å². The molecule has 0 spiro atoms. The average Bonchev–Trinajstić information content (AvgIpc) is 3.01. The number of carbonyl (C=O) groups is 4. The van der Waals surface area contributed by atoms with Crippen molar-refractivity contribution < 1.29 is 34.5 Å². The molecule has 37 heavy (non-hydrogen) atoms. The van der Waals surface area contributed by atoms with Crippen LogP contribution in [0.2, 0.25) is 0 Å². The van der Waals surface area contributed by atoms with E-state index in [0.29, 0.717) is 36.8 Å². The van der Waals surface area contributed by atoms with Crippen molar-refractivity contribution in [2.75, 3.05) is 0 Å². The monoisotopic (exact) mass is 514 g/mol. The van der Waals surface area contributed by atoms with Gasteiger partial charge in [-0.3, -0.25) is 19.2 Å². The molecule has 3 N–H and O–H groups in total. The Bertz CT molecular complexity index is 1130. The third-order valence-electron chi connectivity index (χ3n) is 11.3. The Hall–Kier alpha value is -2.12. The molecular weight excluding hydrogens is 472 g/mol. The van der Waals surface area contributed by atoms with Crippen molar-refractivity contribution in [3.05, 3.63) is 22.8 Å². The molecular formula is C30H42O7. The van der Waals surface area contributed by atoms with Gasteiger partial charge in [-0.2, -0.15) is 0 Å². The molecule has 4 aliphatic carbocycles. The molecule has 8 atom stereocenters. The number of carboxylic acids is 1. The van der Waals surface area contributed by atoms with Crippen LogP contribution in [0.4, 0.5) is 0 Å². The number of allylic oxidation sites excluding steroid dienone is 2. The summed E-state index contributed by atoms with van der Waals surface area (Å²) in [7, 11) is 0. The van der Waals surface area contributed by atoms with Crippen molar-refractivity contribution in [2.45, 2.75) is 99.2 Å². The molecule has 0 aliphatic heterocycles. The van der Waals surface area contributed by atoms with Gasteiger partial charge in [-0.05, 0) is 49.5 Å². The van der Waals surface area contributed by atoms with E-state index < -0.39 is 45.8 Å². The van der Waals surface area contributed by atoms with Crippen LogP contribution in [0, 0.1) is 39.4 Å². The van der Waals surface area contributed by atoms with Gasteiger partial charge in [-0.1, -0.05) is 52.7 Å². The van der Waals surface area contributed by atoms with E-state index in [9.17, 15) is 29.4 Å². The van der Waals surface area contributed by atoms with Gasteiger partial charge in [0.2, 0.25) is 0 Å². The highest BCUT2D eigenvalue weighted by Crippen LogP contribution is 2.71. The molecule has 0 amide bonds. The molecule has 0 radical (unpaired) electrons. The van der Waals surface area contributed by atoms with E-state index in [0.717, 1.165) is 5.57 Å². The third-order valence-corrected chi connectivity index (χ3v) is 11.3. The molecule has 2 fully saturated rings. The number of carbonyl (C=O) groups excluding carboxylic acids is 3. The predicted molar refractivity (Wildman–Crippen MR) is 137 cm³/mol. The van der Waals surface area contributed by atoms with Crippen molar-refractivity contribution in [3.8, 4) is 0 Å². The normalized spacial score (nSPS) is 42.1. The van der Waals surface area contributed by atoms with Crippen molar-refractivity contribution >= 4 is 23.3 Å². The van der Waals surface area contributed by atoms with Crippen LogP contribution in [0.25, 0.3) is 0 Å². The van der Waals surface area contributed by atoms with E-state index in [1.165, 1.54) is 13.0 Å². The minimum absolute atomic E-state index is 0.0476. The zero-order valence-corrected chi connectivity index (χ0v) is 23.2. The molecule has 2 saturated carbocycles. The molecule has 4 aliphatic rings. The molecule has 0 saturated heterocycles. The number of fused-ring (bicyclic) bond motifs is 4. The van der Waals surface area contributed by atoms with E-state index in [2.05, 4.69) is 6.92 Å². The number of ketones is 3. The Kier molecular flexibility index (Phi) is 6.56. The smallest absolute Gasteiger partial charge is 0.306 e. The number of hydrogen-bond acceptors (Lipinski definition) is 6. The first kappa shape index (κ1) is 27.9. The van der Waals surface area contributed by atoms with Crippen molar-refractivity contribution in [1.29, 1.82) is 0 Å². The summed E-state index contributed by atoms with van der Waals surface area (Å²) < 4.78 is 0. The fraction of sp³-hybridized carbons (Fsp3) is 0.733. The Morgan fingerprint density at radius 3 is 2.27 bits per heavy atom. The zero-order chi connectivity index (χ0) is 27.9. The first-order chi connectivity index (χ1) is 16.9. The van der Waals surface area contributed by atoms with Crippen LogP contribution in [-0.4, -0.2) is 50.8 Å². The maximum absolute atomic E-state index is 13.9. The Balaban J connectivity index is 1.80. The van der Waals surface area contributed by atoms with E-state index in [1.807, 2.05) is 27.7 Å². The molecule has 0 aromatic rings. The maximum atomic E-state index is 13.9. The van der Waals surface area contributed by atoms with Crippen molar-refractivity contribution in [1.82, 2.24) is 0 Å². The maximum Gasteiger partial charge on any atom is 0.306 e. The molecule has 0 unspecified atom stereocenters. The van der Waals surface area contributed by atoms with Gasteiger partial charge >= 0.3 is 5.97 Å². The third kappa shape index (κ3) is 3.67. The van der Waals surface area contributed by atoms with Gasteiger partial charge in [0.05, 0.1) is 18.1 Å². The lowest BCUT2D eigenvalue weighted by molar-refractivity contribution is -0.146. The summed E-state index contributed by atoms with van der Waals surface area (Å²) in [6, 6.07) is 0. The standard InChI is InChI=1S/C30H42O7/c1-15(10-17(31)11-16(2)26(36)37)18-12-24(35)30(7)25-19(13-23(34)29(18,30)6)28(5)9-8-22(33)27(3,4)21(28)14-20(25)32/h10,16,18,21,23-24,34-35H,8-9,11-14H2,1-7H3,(H,36,37)/b15-10+/t16-,18+,21-,23-,24+,28+,29-,30-/m0/s1. The first-order valence-corrected chi connectivity index (χ1v) is 13.5. The topological polar surface area (TPSA) is 129 Å². The fourth-order valence-electron chi connectivity index (χ4n) is 8.69. The average molecular weight is 515 g/mol. The first-order valence-electron chi connectivity index (χ1n) is 13.5. The second kappa shape index (κ2) is 8.70. The number of rotatable bonds is 5. The van der Waals surface area contributed by atoms with E-state index in [4.69, 9.17) is 5.11 Å². The molecule has 0 bridgehead atoms. The van der Waals surface area contributed by atoms with Crippen LogP contribution in [0.15, 0.2) is 22.8 Å². The van der Waals surface area contributed by atoms with Crippen LogP contribution in [0.5, 0.6) is 0 Å². The fourth-order valence-corrected chi connectivity index (χ4v) is 8.69. The van der Waals surface area contributed by atoms with Crippen LogP contribution < -0.4 is 0 Å². The second-order valence-corrected chi connectivity index (χ2v) is 13.4. The van der Waals surface area contributed by atoms with Gasteiger partial charge in [0.15, 0.2) is 11.6 Å². The highest BCUT2D eigenvalue weighted by molar-refractivity contribution is 6.01. The van der Waals surface area contributed by atoms with Gasteiger partial charge in [0.1, 0.15) is 5.78 Å². The van der Waals surface area contributed by atoms with Crippen LogP contribution in [0.1, 0.15) is 87.0 Å². The molecule has 0 aromatic carbocycles. The lowest BCUT2D eigenvalue weighted by Crippen LogP contribution is -2.61. The number of hydrogen-bond donors (Lipinski definition) is 3. The lowest BCUT2D eigenvalue weighted by Gasteiger charge is -2.61. The lowest BCUT2D eigenvalue weighted by atomic mass is 9.42. The minimum atomic E-state index is -1.03. The minimum Gasteiger partial charge on any atom is -0.481 e. The molecule has 204 valence electrons. The zero-order valence-electron chi connectivity index (χ0n) is 23.2. The van der Waals surface area contributed by atoms with Crippen molar-refractivity contribution in [2.24, 2.45) is 39.4 Å². The number of carboxylic acid groups (broad SMARTS) is 1. The van der Waals surface area contributed by atoms with Gasteiger partial charge in [0.25, 0.3) is 0 Å². The highest BCUT2D eigenvalue weighted by Gasteiger charge is 2.70. The summed E-state index contributed by atoms with van der Waals surface area (Å²) in [4.78, 5) is 50.6. The quantitative estimate of drug-likeness (QED) is 0.472. The molecule has 4 rings (SSSR count). The SMILES string of the molecule is C/C(=C\C(=O)C[C@H](C)C(=O)O)[C@H]1C[C@@H](O)[C@@]2(C)C3=C(C[C@H](O)[C@]12C)[C@@]1(C)CCC(=O)C(C)(C)[C@@H]1CC3=O. The van der Waals surface area contributed by atoms with Crippen LogP contribution in [0.3, 0.4) is 0 Å². The number of aliphatic hydroxyl groups is 2. The highest BCUT2D eigenvalue weighted by atomic mass is 16.4. The van der Waals surface area contributed by atoms with Crippen molar-refractivity contribution in [3.63, 3.8) is 0 Å². The summed E-state index contributed by atoms with van der Waals surface area (Å²) >= 11 is 0. The largest absolute Gasteiger partial charge is 0.481 e. The van der Waals surface area contributed by atoms with Crippen LogP contribution in [-0.2, 0) is 19.2 Å². The number of Topliss-reactive ketones (excluding diaryl/α,β-unsaturated/α-hetero) is 2. The molecule has 0 heterocycles. The summed E-state index contributed by atoms with van der Waals surface area (Å²) in [6.07, 6.45) is 1.46.